The summed E-state index contributed by atoms with van der Waals surface area (Å²) in [4.78, 5) is 23.2. The minimum Gasteiger partial charge on any atom is -0.494 e. The molecule has 0 heterocycles. The third-order valence-electron chi connectivity index (χ3n) is 6.39. The first-order valence-corrected chi connectivity index (χ1v) is 12.4. The summed E-state index contributed by atoms with van der Waals surface area (Å²) >= 11 is 0. The molecule has 0 saturated heterocycles. The van der Waals surface area contributed by atoms with Crippen molar-refractivity contribution in [2.75, 3.05) is 26.3 Å². The van der Waals surface area contributed by atoms with E-state index in [1.165, 1.54) is 0 Å². The second kappa shape index (κ2) is 12.4. The fraction of sp³-hybridized carbons (Fsp3) is 0.310. The number of carboxylic acids is 2. The number of rotatable bonds is 12. The van der Waals surface area contributed by atoms with Gasteiger partial charge in [-0.25, -0.2) is 0 Å². The van der Waals surface area contributed by atoms with E-state index in [0.29, 0.717) is 48.9 Å². The van der Waals surface area contributed by atoms with Crippen LogP contribution in [0.1, 0.15) is 36.1 Å². The lowest BCUT2D eigenvalue weighted by atomic mass is 9.80. The maximum absolute atomic E-state index is 11.6. The van der Waals surface area contributed by atoms with Gasteiger partial charge in [-0.1, -0.05) is 36.4 Å². The normalized spacial score (nSPS) is 13.9. The van der Waals surface area contributed by atoms with Crippen molar-refractivity contribution < 1.29 is 40.7 Å². The van der Waals surface area contributed by atoms with Gasteiger partial charge >= 0.3 is 11.9 Å². The zero-order valence-corrected chi connectivity index (χ0v) is 21.5. The van der Waals surface area contributed by atoms with Crippen LogP contribution in [-0.2, 0) is 22.4 Å². The Morgan fingerprint density at radius 1 is 0.784 bits per heavy atom. The Balaban J connectivity index is 2.26. The van der Waals surface area contributed by atoms with E-state index in [2.05, 4.69) is 23.6 Å². The van der Waals surface area contributed by atoms with Crippen molar-refractivity contribution in [2.24, 2.45) is 5.41 Å². The molecule has 37 heavy (non-hydrogen) atoms. The molecule has 0 fully saturated rings. The molecule has 8 nitrogen and oxygen atoms in total. The lowest BCUT2D eigenvalue weighted by molar-refractivity contribution is -0.429. The average Bonchev–Trinajstić information content (AvgIpc) is 2.87. The van der Waals surface area contributed by atoms with Crippen LogP contribution in [0.3, 0.4) is 0 Å². The van der Waals surface area contributed by atoms with Gasteiger partial charge in [0.05, 0.1) is 39.1 Å². The minimum atomic E-state index is -0.953. The van der Waals surface area contributed by atoms with Crippen LogP contribution in [0.15, 0.2) is 66.3 Å². The van der Waals surface area contributed by atoms with Crippen LogP contribution < -0.4 is 20.9 Å². The molecule has 0 radical (unpaired) electrons. The summed E-state index contributed by atoms with van der Waals surface area (Å²) in [5.74, 6) is -0.853. The Kier molecular flexibility index (Phi) is 9.27. The SMILES string of the molecule is CCOc1ccc(C(=C2C=CC(C[NH3+])(C[NH3+])C=C2)c2ccc(OCC)c(CC(=O)O)c2)cc1CC(=O)O. The molecule has 8 heteroatoms. The van der Waals surface area contributed by atoms with Crippen molar-refractivity contribution in [1.29, 1.82) is 0 Å². The third-order valence-corrected chi connectivity index (χ3v) is 6.39. The Labute approximate surface area is 216 Å². The highest BCUT2D eigenvalue weighted by molar-refractivity contribution is 5.87. The van der Waals surface area contributed by atoms with E-state index < -0.39 is 11.9 Å². The summed E-state index contributed by atoms with van der Waals surface area (Å²) in [6.45, 7) is 5.88. The predicted octanol–water partition coefficient (Wildman–Crippen LogP) is 2.14. The van der Waals surface area contributed by atoms with Crippen molar-refractivity contribution in [3.05, 3.63) is 88.5 Å². The maximum Gasteiger partial charge on any atom is 0.307 e. The van der Waals surface area contributed by atoms with Crippen LogP contribution in [0.4, 0.5) is 0 Å². The molecule has 0 saturated carbocycles. The van der Waals surface area contributed by atoms with Gasteiger partial charge in [0.15, 0.2) is 0 Å². The van der Waals surface area contributed by atoms with Crippen LogP contribution in [0.5, 0.6) is 11.5 Å². The summed E-state index contributed by atoms with van der Waals surface area (Å²) < 4.78 is 11.4. The monoisotopic (exact) mass is 508 g/mol. The summed E-state index contributed by atoms with van der Waals surface area (Å²) in [5.41, 5.74) is 12.4. The number of hydrogen-bond acceptors (Lipinski definition) is 4. The number of ether oxygens (including phenoxy) is 2. The molecule has 0 bridgehead atoms. The Morgan fingerprint density at radius 2 is 1.22 bits per heavy atom. The molecule has 0 atom stereocenters. The number of allylic oxidation sites excluding steroid dienone is 3. The van der Waals surface area contributed by atoms with E-state index >= 15 is 0 Å². The van der Waals surface area contributed by atoms with Gasteiger partial charge in [0.1, 0.15) is 16.9 Å². The van der Waals surface area contributed by atoms with Crippen molar-refractivity contribution in [2.45, 2.75) is 26.7 Å². The van der Waals surface area contributed by atoms with E-state index in [1.54, 1.807) is 12.1 Å². The van der Waals surface area contributed by atoms with Gasteiger partial charge in [-0.3, -0.25) is 9.59 Å². The quantitative estimate of drug-likeness (QED) is 0.345. The molecule has 8 N–H and O–H groups in total. The highest BCUT2D eigenvalue weighted by atomic mass is 16.5. The molecule has 196 valence electrons. The predicted molar refractivity (Wildman–Crippen MR) is 140 cm³/mol. The highest BCUT2D eigenvalue weighted by Gasteiger charge is 2.28. The second-order valence-corrected chi connectivity index (χ2v) is 8.88. The molecule has 0 spiro atoms. The molecule has 0 amide bonds. The van der Waals surface area contributed by atoms with Gasteiger partial charge in [-0.2, -0.15) is 0 Å². The van der Waals surface area contributed by atoms with Gasteiger partial charge in [-0.05, 0) is 60.4 Å². The maximum atomic E-state index is 11.6. The van der Waals surface area contributed by atoms with Gasteiger partial charge in [0, 0.05) is 11.1 Å². The van der Waals surface area contributed by atoms with Crippen molar-refractivity contribution in [3.8, 4) is 11.5 Å². The number of carboxylic acid groups (broad SMARTS) is 2. The molecular weight excluding hydrogens is 472 g/mol. The Hall–Kier alpha value is -3.88. The fourth-order valence-electron chi connectivity index (χ4n) is 4.41. The molecule has 0 aromatic heterocycles. The van der Waals surface area contributed by atoms with E-state index in [0.717, 1.165) is 22.3 Å². The average molecular weight is 509 g/mol. The summed E-state index contributed by atoms with van der Waals surface area (Å²) in [6, 6.07) is 11.0. The van der Waals surface area contributed by atoms with Gasteiger partial charge in [0.2, 0.25) is 0 Å². The van der Waals surface area contributed by atoms with Crippen LogP contribution in [0, 0.1) is 5.41 Å². The first-order chi connectivity index (χ1) is 17.8. The van der Waals surface area contributed by atoms with Crippen molar-refractivity contribution in [1.82, 2.24) is 0 Å². The molecule has 0 aliphatic heterocycles. The fourth-order valence-corrected chi connectivity index (χ4v) is 4.41. The third kappa shape index (κ3) is 6.67. The van der Waals surface area contributed by atoms with Gasteiger partial charge in [-0.15, -0.1) is 0 Å². The van der Waals surface area contributed by atoms with Gasteiger partial charge in [0.25, 0.3) is 0 Å². The van der Waals surface area contributed by atoms with E-state index in [-0.39, 0.29) is 18.3 Å². The molecule has 1 aliphatic rings. The van der Waals surface area contributed by atoms with Crippen molar-refractivity contribution >= 4 is 17.5 Å². The Bertz CT molecular complexity index is 1150. The largest absolute Gasteiger partial charge is 0.494 e. The first-order valence-electron chi connectivity index (χ1n) is 12.4. The van der Waals surface area contributed by atoms with E-state index in [1.807, 2.05) is 50.3 Å². The van der Waals surface area contributed by atoms with Crippen LogP contribution in [0.2, 0.25) is 0 Å². The second-order valence-electron chi connectivity index (χ2n) is 8.88. The number of benzene rings is 2. The topological polar surface area (TPSA) is 148 Å². The molecule has 0 unspecified atom stereocenters. The number of aliphatic carboxylic acids is 2. The standard InChI is InChI=1S/C29H34N2O6/c1-3-36-24-7-5-20(13-22(24)15-26(32)33)28(19-9-11-29(17-30,18-31)12-10-19)21-6-8-25(37-4-2)23(14-21)16-27(34)35/h5-14H,3-4,15-18,30-31H2,1-2H3,(H,32,33)(H,34,35)/p+2. The minimum absolute atomic E-state index is 0.183. The van der Waals surface area contributed by atoms with Gasteiger partial charge < -0.3 is 31.2 Å². The lowest BCUT2D eigenvalue weighted by Crippen LogP contribution is -2.66. The molecule has 3 rings (SSSR count). The van der Waals surface area contributed by atoms with Crippen molar-refractivity contribution in [3.63, 3.8) is 0 Å². The molecule has 2 aromatic rings. The molecule has 2 aromatic carbocycles. The Morgan fingerprint density at radius 3 is 1.57 bits per heavy atom. The van der Waals surface area contributed by atoms with Crippen LogP contribution in [0.25, 0.3) is 5.57 Å². The van der Waals surface area contributed by atoms with E-state index in [4.69, 9.17) is 9.47 Å². The van der Waals surface area contributed by atoms with E-state index in [9.17, 15) is 19.8 Å². The van der Waals surface area contributed by atoms with Crippen LogP contribution in [-0.4, -0.2) is 48.5 Å². The lowest BCUT2D eigenvalue weighted by Gasteiger charge is -2.24. The summed E-state index contributed by atoms with van der Waals surface area (Å²) in [5, 5.41) is 19.0. The first kappa shape index (κ1) is 27.7. The molecular formula is C29H36N2O6+2. The smallest absolute Gasteiger partial charge is 0.307 e. The zero-order chi connectivity index (χ0) is 27.0. The molecule has 1 aliphatic carbocycles. The summed E-state index contributed by atoms with van der Waals surface area (Å²) in [6.07, 6.45) is 7.90. The summed E-state index contributed by atoms with van der Waals surface area (Å²) in [7, 11) is 0. The zero-order valence-electron chi connectivity index (χ0n) is 21.5. The number of hydrogen-bond donors (Lipinski definition) is 4. The number of carbonyl (C=O) groups is 2. The van der Waals surface area contributed by atoms with Crippen LogP contribution >= 0.6 is 0 Å². The highest BCUT2D eigenvalue weighted by Crippen LogP contribution is 2.36. The number of quaternary nitrogens is 2.